The van der Waals surface area contributed by atoms with Gasteiger partial charge in [-0.05, 0) is 42.0 Å². The van der Waals surface area contributed by atoms with Crippen LogP contribution in [0.2, 0.25) is 0 Å². The number of nitro benzene ring substituents is 1. The number of para-hydroxylation sites is 1. The van der Waals surface area contributed by atoms with Gasteiger partial charge in [0.25, 0.3) is 5.69 Å². The Bertz CT molecular complexity index is 1310. The fraction of sp³-hybridized carbons (Fsp3) is 0.0435. The average molecular weight is 433 g/mol. The molecule has 0 spiro atoms. The van der Waals surface area contributed by atoms with Crippen molar-refractivity contribution in [2.75, 3.05) is 0 Å². The molecule has 160 valence electrons. The lowest BCUT2D eigenvalue weighted by Gasteiger charge is -2.09. The number of benzene rings is 3. The topological polar surface area (TPSA) is 107 Å². The summed E-state index contributed by atoms with van der Waals surface area (Å²) in [5, 5.41) is 15.3. The van der Waals surface area contributed by atoms with Crippen LogP contribution in [0.3, 0.4) is 0 Å². The third-order valence-electron chi connectivity index (χ3n) is 4.53. The van der Waals surface area contributed by atoms with Crippen molar-refractivity contribution in [3.8, 4) is 5.75 Å². The second-order valence-electron chi connectivity index (χ2n) is 6.74. The Labute approximate surface area is 181 Å². The summed E-state index contributed by atoms with van der Waals surface area (Å²) in [5.41, 5.74) is 4.04. The third kappa shape index (κ3) is 4.78. The maximum absolute atomic E-state index is 13.0. The van der Waals surface area contributed by atoms with Crippen LogP contribution >= 0.6 is 0 Å². The van der Waals surface area contributed by atoms with Gasteiger partial charge in [-0.1, -0.05) is 24.3 Å². The predicted molar refractivity (Wildman–Crippen MR) is 115 cm³/mol. The second kappa shape index (κ2) is 9.09. The number of fused-ring (bicyclic) bond motifs is 1. The van der Waals surface area contributed by atoms with Crippen molar-refractivity contribution in [3.05, 3.63) is 106 Å². The predicted octanol–water partition coefficient (Wildman–Crippen LogP) is 4.82. The van der Waals surface area contributed by atoms with E-state index >= 15 is 0 Å². The SMILES string of the molecule is O=C(N/N=C\c1ccccc1OCc1ccc(F)cc1)c1cc2cc([N+](=O)[O-])ccc2o1. The number of hydrogen-bond donors (Lipinski definition) is 1. The minimum Gasteiger partial charge on any atom is -0.488 e. The number of nitro groups is 1. The minimum absolute atomic E-state index is 0.0292. The van der Waals surface area contributed by atoms with E-state index in [1.54, 1.807) is 36.4 Å². The molecule has 4 aromatic rings. The Morgan fingerprint density at radius 2 is 1.91 bits per heavy atom. The van der Waals surface area contributed by atoms with Crippen LogP contribution in [-0.4, -0.2) is 17.0 Å². The van der Waals surface area contributed by atoms with E-state index in [9.17, 15) is 19.3 Å². The third-order valence-corrected chi connectivity index (χ3v) is 4.53. The van der Waals surface area contributed by atoms with E-state index in [0.29, 0.717) is 22.3 Å². The first-order valence-electron chi connectivity index (χ1n) is 9.47. The number of carbonyl (C=O) groups excluding carboxylic acids is 1. The normalized spacial score (nSPS) is 11.0. The zero-order valence-electron chi connectivity index (χ0n) is 16.5. The van der Waals surface area contributed by atoms with Crippen LogP contribution in [0.25, 0.3) is 11.0 Å². The molecule has 0 saturated carbocycles. The van der Waals surface area contributed by atoms with Gasteiger partial charge in [-0.15, -0.1) is 0 Å². The average Bonchev–Trinajstić information content (AvgIpc) is 3.23. The number of halogens is 1. The van der Waals surface area contributed by atoms with Crippen molar-refractivity contribution in [2.45, 2.75) is 6.61 Å². The first-order chi connectivity index (χ1) is 15.5. The van der Waals surface area contributed by atoms with Crippen molar-refractivity contribution < 1.29 is 23.3 Å². The molecule has 0 aliphatic carbocycles. The standard InChI is InChI=1S/C23H16FN3O5/c24-18-7-5-15(6-8-18)14-31-20-4-2-1-3-16(20)13-25-26-23(28)22-12-17-11-19(27(29)30)9-10-21(17)32-22/h1-13H,14H2,(H,26,28)/b25-13-. The lowest BCUT2D eigenvalue weighted by Crippen LogP contribution is -2.16. The van der Waals surface area contributed by atoms with E-state index in [2.05, 4.69) is 10.5 Å². The van der Waals surface area contributed by atoms with E-state index in [0.717, 1.165) is 5.56 Å². The van der Waals surface area contributed by atoms with Gasteiger partial charge < -0.3 is 9.15 Å². The van der Waals surface area contributed by atoms with Crippen molar-refractivity contribution in [3.63, 3.8) is 0 Å². The number of nitrogens with one attached hydrogen (secondary N) is 1. The molecule has 1 amide bonds. The minimum atomic E-state index is -0.607. The number of hydrogen-bond acceptors (Lipinski definition) is 6. The van der Waals surface area contributed by atoms with Gasteiger partial charge in [0.05, 0.1) is 11.1 Å². The van der Waals surface area contributed by atoms with E-state index in [1.807, 2.05) is 0 Å². The van der Waals surface area contributed by atoms with Gasteiger partial charge in [0.15, 0.2) is 5.76 Å². The molecule has 3 aromatic carbocycles. The van der Waals surface area contributed by atoms with E-state index in [1.165, 1.54) is 42.6 Å². The van der Waals surface area contributed by atoms with Crippen LogP contribution in [0.1, 0.15) is 21.7 Å². The molecule has 0 aliphatic heterocycles. The van der Waals surface area contributed by atoms with E-state index < -0.39 is 10.8 Å². The summed E-state index contributed by atoms with van der Waals surface area (Å²) in [4.78, 5) is 22.7. The highest BCUT2D eigenvalue weighted by molar-refractivity contribution is 5.97. The first kappa shape index (κ1) is 20.7. The van der Waals surface area contributed by atoms with Crippen LogP contribution in [0.15, 0.2) is 82.3 Å². The maximum Gasteiger partial charge on any atom is 0.307 e. The Morgan fingerprint density at radius 1 is 1.12 bits per heavy atom. The number of amides is 1. The van der Waals surface area contributed by atoms with Gasteiger partial charge in [0.1, 0.15) is 23.8 Å². The molecule has 9 heteroatoms. The van der Waals surface area contributed by atoms with Gasteiger partial charge in [0.2, 0.25) is 0 Å². The molecule has 32 heavy (non-hydrogen) atoms. The van der Waals surface area contributed by atoms with Gasteiger partial charge in [-0.3, -0.25) is 14.9 Å². The van der Waals surface area contributed by atoms with E-state index in [4.69, 9.17) is 9.15 Å². The molecule has 0 aliphatic rings. The van der Waals surface area contributed by atoms with Crippen LogP contribution in [0.5, 0.6) is 5.75 Å². The molecule has 8 nitrogen and oxygen atoms in total. The first-order valence-corrected chi connectivity index (χ1v) is 9.47. The summed E-state index contributed by atoms with van der Waals surface area (Å²) in [6.45, 7) is 0.239. The number of ether oxygens (including phenoxy) is 1. The Kier molecular flexibility index (Phi) is 5.89. The van der Waals surface area contributed by atoms with Gasteiger partial charge >= 0.3 is 5.91 Å². The number of non-ortho nitro benzene ring substituents is 1. The summed E-state index contributed by atoms with van der Waals surface area (Å²) < 4.78 is 24.2. The Hall–Kier alpha value is -4.53. The van der Waals surface area contributed by atoms with Gasteiger partial charge in [-0.2, -0.15) is 5.10 Å². The fourth-order valence-electron chi connectivity index (χ4n) is 2.93. The molecule has 0 saturated heterocycles. The molecule has 1 N–H and O–H groups in total. The highest BCUT2D eigenvalue weighted by atomic mass is 19.1. The largest absolute Gasteiger partial charge is 0.488 e. The monoisotopic (exact) mass is 433 g/mol. The molecule has 0 bridgehead atoms. The zero-order chi connectivity index (χ0) is 22.5. The summed E-state index contributed by atoms with van der Waals surface area (Å²) in [6, 6.07) is 18.5. The smallest absolute Gasteiger partial charge is 0.307 e. The number of nitrogens with zero attached hydrogens (tertiary/aromatic N) is 2. The molecule has 4 rings (SSSR count). The van der Waals surface area contributed by atoms with Crippen molar-refractivity contribution in [1.82, 2.24) is 5.43 Å². The number of carbonyl (C=O) groups is 1. The van der Waals surface area contributed by atoms with Gasteiger partial charge in [0, 0.05) is 23.1 Å². The van der Waals surface area contributed by atoms with Crippen LogP contribution in [0, 0.1) is 15.9 Å². The van der Waals surface area contributed by atoms with Crippen molar-refractivity contribution in [2.24, 2.45) is 5.10 Å². The molecular formula is C23H16FN3O5. The summed E-state index contributed by atoms with van der Waals surface area (Å²) in [6.07, 6.45) is 1.42. The molecule has 1 heterocycles. The zero-order valence-corrected chi connectivity index (χ0v) is 16.5. The lowest BCUT2D eigenvalue weighted by atomic mass is 10.2. The van der Waals surface area contributed by atoms with Crippen LogP contribution < -0.4 is 10.2 Å². The summed E-state index contributed by atoms with van der Waals surface area (Å²) in [5.74, 6) is -0.422. The summed E-state index contributed by atoms with van der Waals surface area (Å²) >= 11 is 0. The quantitative estimate of drug-likeness (QED) is 0.255. The molecule has 0 unspecified atom stereocenters. The summed E-state index contributed by atoms with van der Waals surface area (Å²) in [7, 11) is 0. The highest BCUT2D eigenvalue weighted by Gasteiger charge is 2.14. The number of hydrazone groups is 1. The molecular weight excluding hydrogens is 417 g/mol. The highest BCUT2D eigenvalue weighted by Crippen LogP contribution is 2.24. The fourth-order valence-corrected chi connectivity index (χ4v) is 2.93. The van der Waals surface area contributed by atoms with Crippen molar-refractivity contribution >= 4 is 28.8 Å². The Morgan fingerprint density at radius 3 is 2.69 bits per heavy atom. The second-order valence-corrected chi connectivity index (χ2v) is 6.74. The lowest BCUT2D eigenvalue weighted by molar-refractivity contribution is -0.384. The molecule has 0 atom stereocenters. The van der Waals surface area contributed by atoms with E-state index in [-0.39, 0.29) is 23.9 Å². The van der Waals surface area contributed by atoms with Crippen LogP contribution in [0.4, 0.5) is 10.1 Å². The molecule has 1 aromatic heterocycles. The molecule has 0 radical (unpaired) electrons. The Balaban J connectivity index is 1.42. The number of rotatable bonds is 7. The van der Waals surface area contributed by atoms with Gasteiger partial charge in [-0.25, -0.2) is 9.82 Å². The maximum atomic E-state index is 13.0. The molecule has 0 fully saturated rings. The van der Waals surface area contributed by atoms with Crippen molar-refractivity contribution in [1.29, 1.82) is 0 Å². The number of furan rings is 1. The van der Waals surface area contributed by atoms with Crippen LogP contribution in [-0.2, 0) is 6.61 Å².